The van der Waals surface area contributed by atoms with Crippen molar-refractivity contribution in [2.75, 3.05) is 5.32 Å². The molecule has 1 heterocycles. The molecule has 1 aliphatic carbocycles. The normalized spacial score (nSPS) is 23.5. The summed E-state index contributed by atoms with van der Waals surface area (Å²) in [4.78, 5) is 11.1. The minimum absolute atomic E-state index is 0.171. The number of anilines is 1. The van der Waals surface area contributed by atoms with Gasteiger partial charge in [0.25, 0.3) is 5.69 Å². The summed E-state index contributed by atoms with van der Waals surface area (Å²) in [7, 11) is 0. The molecule has 2 aliphatic rings. The lowest BCUT2D eigenvalue weighted by Gasteiger charge is -2.38. The number of nitro benzene ring substituents is 1. The molecular formula is C22H24N2O2. The third-order valence-electron chi connectivity index (χ3n) is 5.93. The molecule has 0 spiro atoms. The second kappa shape index (κ2) is 6.27. The molecule has 0 fully saturated rings. The average Bonchev–Trinajstić information content (AvgIpc) is 3.11. The van der Waals surface area contributed by atoms with Crippen LogP contribution >= 0.6 is 0 Å². The summed E-state index contributed by atoms with van der Waals surface area (Å²) in [6, 6.07) is 12.6. The van der Waals surface area contributed by atoms with Gasteiger partial charge in [-0.25, -0.2) is 0 Å². The van der Waals surface area contributed by atoms with Gasteiger partial charge in [-0.15, -0.1) is 0 Å². The molecule has 2 aromatic carbocycles. The van der Waals surface area contributed by atoms with Gasteiger partial charge in [0, 0.05) is 17.7 Å². The maximum absolute atomic E-state index is 11.4. The molecule has 1 N–H and O–H groups in total. The van der Waals surface area contributed by atoms with Crippen molar-refractivity contribution in [3.8, 4) is 0 Å². The van der Waals surface area contributed by atoms with Gasteiger partial charge in [0.2, 0.25) is 0 Å². The second-order valence-electron chi connectivity index (χ2n) is 7.73. The van der Waals surface area contributed by atoms with Crippen LogP contribution in [0.3, 0.4) is 0 Å². The lowest BCUT2D eigenvalue weighted by molar-refractivity contribution is -0.385. The molecule has 134 valence electrons. The van der Waals surface area contributed by atoms with Gasteiger partial charge >= 0.3 is 0 Å². The van der Waals surface area contributed by atoms with Gasteiger partial charge in [0.1, 0.15) is 0 Å². The predicted molar refractivity (Wildman–Crippen MR) is 105 cm³/mol. The molecule has 4 rings (SSSR count). The molecule has 3 atom stereocenters. The average molecular weight is 348 g/mol. The third-order valence-corrected chi connectivity index (χ3v) is 5.93. The van der Waals surface area contributed by atoms with Crippen LogP contribution in [-0.2, 0) is 0 Å². The number of hydrogen-bond acceptors (Lipinski definition) is 3. The van der Waals surface area contributed by atoms with Gasteiger partial charge in [-0.1, -0.05) is 50.3 Å². The van der Waals surface area contributed by atoms with Gasteiger partial charge in [-0.05, 0) is 47.9 Å². The van der Waals surface area contributed by atoms with Gasteiger partial charge < -0.3 is 5.32 Å². The molecule has 0 radical (unpaired) electrons. The zero-order valence-corrected chi connectivity index (χ0v) is 15.4. The first-order chi connectivity index (χ1) is 12.5. The van der Waals surface area contributed by atoms with E-state index in [0.29, 0.717) is 17.8 Å². The van der Waals surface area contributed by atoms with E-state index in [9.17, 15) is 10.1 Å². The van der Waals surface area contributed by atoms with E-state index in [0.717, 1.165) is 17.7 Å². The fourth-order valence-electron chi connectivity index (χ4n) is 4.42. The highest BCUT2D eigenvalue weighted by molar-refractivity contribution is 5.69. The van der Waals surface area contributed by atoms with Crippen molar-refractivity contribution >= 4 is 11.4 Å². The summed E-state index contributed by atoms with van der Waals surface area (Å²) in [5.41, 5.74) is 5.62. The Labute approximate surface area is 154 Å². The summed E-state index contributed by atoms with van der Waals surface area (Å²) in [6.07, 6.45) is 5.55. The van der Waals surface area contributed by atoms with Crippen molar-refractivity contribution in [1.29, 1.82) is 0 Å². The molecule has 2 aromatic rings. The zero-order chi connectivity index (χ0) is 18.4. The number of fused-ring (bicyclic) bond motifs is 3. The quantitative estimate of drug-likeness (QED) is 0.430. The SMILES string of the molecule is Cc1c([N+](=O)[O-])ccc2c1NC(c1ccc(C(C)C)cc1)C1CC=CC21. The van der Waals surface area contributed by atoms with Crippen LogP contribution in [0.1, 0.15) is 60.4 Å². The van der Waals surface area contributed by atoms with Crippen LogP contribution < -0.4 is 5.32 Å². The fraction of sp³-hybridized carbons (Fsp3) is 0.364. The second-order valence-corrected chi connectivity index (χ2v) is 7.73. The number of nitrogens with zero attached hydrogens (tertiary/aromatic N) is 1. The first-order valence-corrected chi connectivity index (χ1v) is 9.28. The summed E-state index contributed by atoms with van der Waals surface area (Å²) in [6.45, 7) is 6.24. The lowest BCUT2D eigenvalue weighted by Crippen LogP contribution is -2.29. The van der Waals surface area contributed by atoms with Gasteiger partial charge in [-0.2, -0.15) is 0 Å². The molecule has 4 nitrogen and oxygen atoms in total. The molecule has 0 amide bonds. The summed E-state index contributed by atoms with van der Waals surface area (Å²) in [5.74, 6) is 1.28. The highest BCUT2D eigenvalue weighted by Gasteiger charge is 2.39. The Kier molecular flexibility index (Phi) is 4.06. The van der Waals surface area contributed by atoms with E-state index in [1.165, 1.54) is 16.7 Å². The summed E-state index contributed by atoms with van der Waals surface area (Å²) < 4.78 is 0. The van der Waals surface area contributed by atoms with Gasteiger partial charge in [0.05, 0.1) is 16.5 Å². The summed E-state index contributed by atoms with van der Waals surface area (Å²) >= 11 is 0. The van der Waals surface area contributed by atoms with Crippen LogP contribution in [0.2, 0.25) is 0 Å². The number of nitrogens with one attached hydrogen (secondary N) is 1. The number of rotatable bonds is 3. The molecule has 0 bridgehead atoms. The van der Waals surface area contributed by atoms with Gasteiger partial charge in [0.15, 0.2) is 0 Å². The summed E-state index contributed by atoms with van der Waals surface area (Å²) in [5, 5.41) is 15.0. The maximum Gasteiger partial charge on any atom is 0.274 e. The Hall–Kier alpha value is -2.62. The highest BCUT2D eigenvalue weighted by Crippen LogP contribution is 2.51. The van der Waals surface area contributed by atoms with E-state index in [1.807, 2.05) is 13.0 Å². The lowest BCUT2D eigenvalue weighted by atomic mass is 9.76. The molecule has 0 aromatic heterocycles. The van der Waals surface area contributed by atoms with E-state index < -0.39 is 0 Å². The van der Waals surface area contributed by atoms with E-state index >= 15 is 0 Å². The Morgan fingerprint density at radius 2 is 1.88 bits per heavy atom. The van der Waals surface area contributed by atoms with Crippen LogP contribution in [0.4, 0.5) is 11.4 Å². The Morgan fingerprint density at radius 3 is 2.54 bits per heavy atom. The molecule has 26 heavy (non-hydrogen) atoms. The first-order valence-electron chi connectivity index (χ1n) is 9.28. The molecule has 4 heteroatoms. The van der Waals surface area contributed by atoms with Crippen LogP contribution in [0.15, 0.2) is 48.6 Å². The fourth-order valence-corrected chi connectivity index (χ4v) is 4.42. The molecular weight excluding hydrogens is 324 g/mol. The number of nitro groups is 1. The minimum atomic E-state index is -0.291. The van der Waals surface area contributed by atoms with E-state index in [2.05, 4.69) is 55.6 Å². The van der Waals surface area contributed by atoms with Crippen LogP contribution in [0.5, 0.6) is 0 Å². The Balaban J connectivity index is 1.77. The molecule has 3 unspecified atom stereocenters. The molecule has 0 saturated carbocycles. The first kappa shape index (κ1) is 16.8. The maximum atomic E-state index is 11.4. The van der Waals surface area contributed by atoms with E-state index in [4.69, 9.17) is 0 Å². The van der Waals surface area contributed by atoms with Gasteiger partial charge in [-0.3, -0.25) is 10.1 Å². The highest BCUT2D eigenvalue weighted by atomic mass is 16.6. The molecule has 0 saturated heterocycles. The van der Waals surface area contributed by atoms with Crippen molar-refractivity contribution in [3.63, 3.8) is 0 Å². The zero-order valence-electron chi connectivity index (χ0n) is 15.4. The van der Waals surface area contributed by atoms with Crippen molar-refractivity contribution < 1.29 is 4.92 Å². The van der Waals surface area contributed by atoms with Crippen LogP contribution in [0.25, 0.3) is 0 Å². The Bertz CT molecular complexity index is 884. The third kappa shape index (κ3) is 2.61. The van der Waals surface area contributed by atoms with Crippen molar-refractivity contribution in [1.82, 2.24) is 0 Å². The van der Waals surface area contributed by atoms with E-state index in [-0.39, 0.29) is 16.7 Å². The van der Waals surface area contributed by atoms with E-state index in [1.54, 1.807) is 6.07 Å². The number of hydrogen-bond donors (Lipinski definition) is 1. The largest absolute Gasteiger partial charge is 0.377 e. The van der Waals surface area contributed by atoms with Crippen molar-refractivity contribution in [3.05, 3.63) is 80.9 Å². The topological polar surface area (TPSA) is 55.2 Å². The minimum Gasteiger partial charge on any atom is -0.377 e. The molecule has 1 aliphatic heterocycles. The number of benzene rings is 2. The Morgan fingerprint density at radius 1 is 1.15 bits per heavy atom. The predicted octanol–water partition coefficient (Wildman–Crippen LogP) is 5.85. The van der Waals surface area contributed by atoms with Crippen molar-refractivity contribution in [2.45, 2.75) is 45.1 Å². The van der Waals surface area contributed by atoms with Crippen LogP contribution in [-0.4, -0.2) is 4.92 Å². The standard InChI is InChI=1S/C22H24N2O2/c1-13(2)15-7-9-16(10-8-15)22-18-6-4-5-17(18)19-11-12-20(24(25)26)14(3)21(19)23-22/h4-5,7-13,17-18,22-23H,6H2,1-3H3. The monoisotopic (exact) mass is 348 g/mol. The van der Waals surface area contributed by atoms with Crippen LogP contribution in [0, 0.1) is 23.0 Å². The van der Waals surface area contributed by atoms with Crippen molar-refractivity contribution in [2.24, 2.45) is 5.92 Å². The smallest absolute Gasteiger partial charge is 0.274 e. The number of allylic oxidation sites excluding steroid dienone is 2.